The minimum atomic E-state index is 0.638. The molecule has 1 N–H and O–H groups in total. The molecule has 2 heteroatoms. The van der Waals surface area contributed by atoms with Crippen LogP contribution in [0.2, 0.25) is 0 Å². The van der Waals surface area contributed by atoms with Crippen LogP contribution in [0.5, 0.6) is 0 Å². The van der Waals surface area contributed by atoms with Crippen LogP contribution in [0.15, 0.2) is 0 Å². The Morgan fingerprint density at radius 1 is 1.27 bits per heavy atom. The van der Waals surface area contributed by atoms with E-state index in [1.54, 1.807) is 0 Å². The van der Waals surface area contributed by atoms with E-state index in [-0.39, 0.29) is 0 Å². The molecule has 1 saturated heterocycles. The van der Waals surface area contributed by atoms with Crippen molar-refractivity contribution in [2.45, 2.75) is 65.0 Å². The molecule has 1 aliphatic rings. The fraction of sp³-hybridized carbons (Fsp3) is 1.00. The van der Waals surface area contributed by atoms with Crippen molar-refractivity contribution in [2.75, 3.05) is 19.6 Å². The quantitative estimate of drug-likeness (QED) is 0.681. The minimum absolute atomic E-state index is 0.638. The van der Waals surface area contributed by atoms with Crippen molar-refractivity contribution >= 4 is 0 Å². The Morgan fingerprint density at radius 2 is 2.07 bits per heavy atom. The Labute approximate surface area is 95.4 Å². The fourth-order valence-corrected chi connectivity index (χ4v) is 2.32. The van der Waals surface area contributed by atoms with E-state index in [2.05, 4.69) is 31.0 Å². The molecule has 1 rings (SSSR count). The number of nitrogens with zero attached hydrogens (tertiary/aromatic N) is 1. The second-order valence-electron chi connectivity index (χ2n) is 5.20. The normalized spacial score (nSPS) is 23.6. The SMILES string of the molecule is CC(C)NCCCCN1CCCCC1C. The first kappa shape index (κ1) is 13.0. The first-order valence-corrected chi connectivity index (χ1v) is 6.67. The summed E-state index contributed by atoms with van der Waals surface area (Å²) in [6.07, 6.45) is 6.93. The van der Waals surface area contributed by atoms with Gasteiger partial charge in [-0.3, -0.25) is 0 Å². The summed E-state index contributed by atoms with van der Waals surface area (Å²) < 4.78 is 0. The summed E-state index contributed by atoms with van der Waals surface area (Å²) in [5.74, 6) is 0. The second kappa shape index (κ2) is 7.24. The Balaban J connectivity index is 1.99. The van der Waals surface area contributed by atoms with Crippen LogP contribution in [-0.2, 0) is 0 Å². The Bertz CT molecular complexity index is 157. The maximum atomic E-state index is 3.48. The highest BCUT2D eigenvalue weighted by molar-refractivity contribution is 4.72. The molecule has 0 bridgehead atoms. The lowest BCUT2D eigenvalue weighted by molar-refractivity contribution is 0.158. The van der Waals surface area contributed by atoms with Crippen molar-refractivity contribution < 1.29 is 0 Å². The fourth-order valence-electron chi connectivity index (χ4n) is 2.32. The predicted octanol–water partition coefficient (Wildman–Crippen LogP) is 2.64. The smallest absolute Gasteiger partial charge is 0.00669 e. The van der Waals surface area contributed by atoms with Gasteiger partial charge in [0.15, 0.2) is 0 Å². The minimum Gasteiger partial charge on any atom is -0.315 e. The summed E-state index contributed by atoms with van der Waals surface area (Å²) in [5, 5.41) is 3.48. The molecule has 1 atom stereocenters. The van der Waals surface area contributed by atoms with Crippen LogP contribution in [0.4, 0.5) is 0 Å². The van der Waals surface area contributed by atoms with Gasteiger partial charge in [-0.05, 0) is 52.2 Å². The largest absolute Gasteiger partial charge is 0.315 e. The highest BCUT2D eigenvalue weighted by atomic mass is 15.1. The molecule has 0 aliphatic carbocycles. The third kappa shape index (κ3) is 5.53. The molecule has 0 saturated carbocycles. The number of likely N-dealkylation sites (tertiary alicyclic amines) is 1. The molecule has 0 aromatic carbocycles. The lowest BCUT2D eigenvalue weighted by Gasteiger charge is -2.33. The predicted molar refractivity (Wildman–Crippen MR) is 67.3 cm³/mol. The molecule has 0 radical (unpaired) electrons. The van der Waals surface area contributed by atoms with Gasteiger partial charge >= 0.3 is 0 Å². The molecule has 0 aromatic heterocycles. The van der Waals surface area contributed by atoms with Gasteiger partial charge in [-0.1, -0.05) is 20.3 Å². The third-order valence-corrected chi connectivity index (χ3v) is 3.37. The van der Waals surface area contributed by atoms with E-state index in [1.165, 1.54) is 51.7 Å². The van der Waals surface area contributed by atoms with Crippen LogP contribution < -0.4 is 5.32 Å². The van der Waals surface area contributed by atoms with Crippen LogP contribution in [0.3, 0.4) is 0 Å². The molecule has 2 nitrogen and oxygen atoms in total. The van der Waals surface area contributed by atoms with Crippen LogP contribution in [0.1, 0.15) is 52.9 Å². The van der Waals surface area contributed by atoms with Crippen molar-refractivity contribution in [3.8, 4) is 0 Å². The number of nitrogens with one attached hydrogen (secondary N) is 1. The number of hydrogen-bond donors (Lipinski definition) is 1. The number of hydrogen-bond acceptors (Lipinski definition) is 2. The van der Waals surface area contributed by atoms with Crippen molar-refractivity contribution in [3.05, 3.63) is 0 Å². The Kier molecular flexibility index (Phi) is 6.26. The highest BCUT2D eigenvalue weighted by Crippen LogP contribution is 2.16. The molecule has 0 spiro atoms. The van der Waals surface area contributed by atoms with Crippen molar-refractivity contribution in [2.24, 2.45) is 0 Å². The molecule has 1 aliphatic heterocycles. The topological polar surface area (TPSA) is 15.3 Å². The maximum Gasteiger partial charge on any atom is 0.00669 e. The Hall–Kier alpha value is -0.0800. The molecular formula is C13H28N2. The lowest BCUT2D eigenvalue weighted by atomic mass is 10.0. The molecular weight excluding hydrogens is 184 g/mol. The summed E-state index contributed by atoms with van der Waals surface area (Å²) in [5.41, 5.74) is 0. The van der Waals surface area contributed by atoms with E-state index in [1.807, 2.05) is 0 Å². The van der Waals surface area contributed by atoms with Gasteiger partial charge in [0.1, 0.15) is 0 Å². The average molecular weight is 212 g/mol. The molecule has 1 fully saturated rings. The molecule has 0 aromatic rings. The van der Waals surface area contributed by atoms with Crippen LogP contribution in [0, 0.1) is 0 Å². The zero-order valence-electron chi connectivity index (χ0n) is 10.8. The molecule has 0 amide bonds. The summed E-state index contributed by atoms with van der Waals surface area (Å²) in [6.45, 7) is 10.6. The summed E-state index contributed by atoms with van der Waals surface area (Å²) >= 11 is 0. The first-order valence-electron chi connectivity index (χ1n) is 6.67. The lowest BCUT2D eigenvalue weighted by Crippen LogP contribution is -2.38. The van der Waals surface area contributed by atoms with Gasteiger partial charge < -0.3 is 10.2 Å². The van der Waals surface area contributed by atoms with E-state index >= 15 is 0 Å². The van der Waals surface area contributed by atoms with Gasteiger partial charge in [-0.15, -0.1) is 0 Å². The van der Waals surface area contributed by atoms with E-state index < -0.39 is 0 Å². The molecule has 1 heterocycles. The van der Waals surface area contributed by atoms with Gasteiger partial charge in [-0.25, -0.2) is 0 Å². The van der Waals surface area contributed by atoms with E-state index in [0.29, 0.717) is 6.04 Å². The zero-order valence-corrected chi connectivity index (χ0v) is 10.8. The van der Waals surface area contributed by atoms with E-state index in [9.17, 15) is 0 Å². The standard InChI is InChI=1S/C13H28N2/c1-12(2)14-9-5-7-11-15-10-6-4-8-13(15)3/h12-14H,4-11H2,1-3H3. The maximum absolute atomic E-state index is 3.48. The summed E-state index contributed by atoms with van der Waals surface area (Å²) in [4.78, 5) is 2.67. The number of unbranched alkanes of at least 4 members (excludes halogenated alkanes) is 1. The first-order chi connectivity index (χ1) is 7.20. The van der Waals surface area contributed by atoms with Crippen molar-refractivity contribution in [1.29, 1.82) is 0 Å². The number of piperidine rings is 1. The second-order valence-corrected chi connectivity index (χ2v) is 5.20. The molecule has 15 heavy (non-hydrogen) atoms. The van der Waals surface area contributed by atoms with Gasteiger partial charge in [0.05, 0.1) is 0 Å². The average Bonchev–Trinajstić information content (AvgIpc) is 2.20. The van der Waals surface area contributed by atoms with Gasteiger partial charge in [0.2, 0.25) is 0 Å². The van der Waals surface area contributed by atoms with Gasteiger partial charge in [0.25, 0.3) is 0 Å². The highest BCUT2D eigenvalue weighted by Gasteiger charge is 2.16. The van der Waals surface area contributed by atoms with Crippen LogP contribution >= 0.6 is 0 Å². The Morgan fingerprint density at radius 3 is 2.73 bits per heavy atom. The van der Waals surface area contributed by atoms with Gasteiger partial charge in [-0.2, -0.15) is 0 Å². The van der Waals surface area contributed by atoms with Gasteiger partial charge in [0, 0.05) is 12.1 Å². The summed E-state index contributed by atoms with van der Waals surface area (Å²) in [6, 6.07) is 1.47. The monoisotopic (exact) mass is 212 g/mol. The van der Waals surface area contributed by atoms with E-state index in [0.717, 1.165) is 6.04 Å². The van der Waals surface area contributed by atoms with Crippen LogP contribution in [-0.4, -0.2) is 36.6 Å². The van der Waals surface area contributed by atoms with Crippen LogP contribution in [0.25, 0.3) is 0 Å². The van der Waals surface area contributed by atoms with Crippen molar-refractivity contribution in [3.63, 3.8) is 0 Å². The van der Waals surface area contributed by atoms with Crippen molar-refractivity contribution in [1.82, 2.24) is 10.2 Å². The molecule has 1 unspecified atom stereocenters. The van der Waals surface area contributed by atoms with E-state index in [4.69, 9.17) is 0 Å². The number of rotatable bonds is 6. The third-order valence-electron chi connectivity index (χ3n) is 3.37. The zero-order chi connectivity index (χ0) is 11.1. The summed E-state index contributed by atoms with van der Waals surface area (Å²) in [7, 11) is 0. The molecule has 90 valence electrons.